The Hall–Kier alpha value is -2.87. The van der Waals surface area contributed by atoms with Gasteiger partial charge in [0.15, 0.2) is 0 Å². The Labute approximate surface area is 191 Å². The molecule has 0 aliphatic carbocycles. The van der Waals surface area contributed by atoms with E-state index in [1.165, 1.54) is 4.31 Å². The van der Waals surface area contributed by atoms with Crippen molar-refractivity contribution in [2.75, 3.05) is 30.7 Å². The van der Waals surface area contributed by atoms with Gasteiger partial charge in [-0.3, -0.25) is 13.9 Å². The number of hydrogen-bond acceptors (Lipinski definition) is 4. The summed E-state index contributed by atoms with van der Waals surface area (Å²) < 4.78 is 25.8. The highest BCUT2D eigenvalue weighted by Gasteiger charge is 2.27. The van der Waals surface area contributed by atoms with Crippen LogP contribution in [0.1, 0.15) is 31.7 Å². The number of anilines is 1. The Balaban J connectivity index is 2.09. The SMILES string of the molecule is CC[C@H](C(=O)NC)N(CCc1ccccc1)C(=O)CCCN(c1ccccc1)S(C)(=O)=O. The van der Waals surface area contributed by atoms with Gasteiger partial charge in [-0.2, -0.15) is 0 Å². The molecular formula is C24H33N3O4S. The molecule has 7 nitrogen and oxygen atoms in total. The zero-order chi connectivity index (χ0) is 23.6. The molecule has 0 fully saturated rings. The third kappa shape index (κ3) is 7.37. The summed E-state index contributed by atoms with van der Waals surface area (Å²) in [5.74, 6) is -0.353. The van der Waals surface area contributed by atoms with Crippen molar-refractivity contribution in [3.8, 4) is 0 Å². The standard InChI is InChI=1S/C24H33N3O4S/c1-4-22(24(29)25-2)26(19-17-20-12-7-5-8-13-20)23(28)16-11-18-27(32(3,30)31)21-14-9-6-10-15-21/h5-10,12-15,22H,4,11,16-19H2,1-3H3,(H,25,29)/t22-/m1/s1. The first-order valence-corrected chi connectivity index (χ1v) is 12.7. The molecule has 0 bridgehead atoms. The van der Waals surface area contributed by atoms with Gasteiger partial charge in [0.2, 0.25) is 21.8 Å². The quantitative estimate of drug-likeness (QED) is 0.529. The maximum atomic E-state index is 13.1. The van der Waals surface area contributed by atoms with E-state index in [0.717, 1.165) is 11.8 Å². The Morgan fingerprint density at radius 2 is 1.56 bits per heavy atom. The molecule has 0 heterocycles. The van der Waals surface area contributed by atoms with Crippen LogP contribution in [-0.4, -0.2) is 57.6 Å². The molecule has 0 spiro atoms. The normalized spacial score (nSPS) is 12.1. The fourth-order valence-corrected chi connectivity index (χ4v) is 4.63. The highest BCUT2D eigenvalue weighted by atomic mass is 32.2. The van der Waals surface area contributed by atoms with Gasteiger partial charge < -0.3 is 10.2 Å². The van der Waals surface area contributed by atoms with E-state index in [1.54, 1.807) is 36.2 Å². The lowest BCUT2D eigenvalue weighted by Crippen LogP contribution is -2.49. The minimum absolute atomic E-state index is 0.154. The number of likely N-dealkylation sites (N-methyl/N-ethyl adjacent to an activating group) is 1. The third-order valence-electron chi connectivity index (χ3n) is 5.31. The van der Waals surface area contributed by atoms with E-state index in [0.29, 0.717) is 31.5 Å². The number of carbonyl (C=O) groups is 2. The zero-order valence-electron chi connectivity index (χ0n) is 19.0. The molecule has 0 aromatic heterocycles. The predicted octanol–water partition coefficient (Wildman–Crippen LogP) is 2.83. The summed E-state index contributed by atoms with van der Waals surface area (Å²) in [7, 11) is -1.91. The third-order valence-corrected chi connectivity index (χ3v) is 6.51. The largest absolute Gasteiger partial charge is 0.357 e. The van der Waals surface area contributed by atoms with Crippen molar-refractivity contribution in [3.63, 3.8) is 0 Å². The lowest BCUT2D eigenvalue weighted by atomic mass is 10.1. The number of para-hydroxylation sites is 1. The molecule has 0 radical (unpaired) electrons. The average Bonchev–Trinajstić information content (AvgIpc) is 2.79. The Bertz CT molecular complexity index is 965. The van der Waals surface area contributed by atoms with Crippen molar-refractivity contribution in [2.45, 2.75) is 38.6 Å². The smallest absolute Gasteiger partial charge is 0.242 e. The number of hydrogen-bond donors (Lipinski definition) is 1. The van der Waals surface area contributed by atoms with Crippen molar-refractivity contribution in [3.05, 3.63) is 66.2 Å². The van der Waals surface area contributed by atoms with Gasteiger partial charge in [0, 0.05) is 26.6 Å². The van der Waals surface area contributed by atoms with Crippen molar-refractivity contribution in [1.29, 1.82) is 0 Å². The fourth-order valence-electron chi connectivity index (χ4n) is 3.66. The molecule has 1 N–H and O–H groups in total. The van der Waals surface area contributed by atoms with Gasteiger partial charge in [0.1, 0.15) is 6.04 Å². The topological polar surface area (TPSA) is 86.8 Å². The lowest BCUT2D eigenvalue weighted by molar-refractivity contribution is -0.140. The van der Waals surface area contributed by atoms with Crippen molar-refractivity contribution < 1.29 is 18.0 Å². The number of rotatable bonds is 12. The molecule has 0 saturated carbocycles. The minimum Gasteiger partial charge on any atom is -0.357 e. The van der Waals surface area contributed by atoms with Crippen molar-refractivity contribution in [2.24, 2.45) is 0 Å². The van der Waals surface area contributed by atoms with Crippen molar-refractivity contribution in [1.82, 2.24) is 10.2 Å². The highest BCUT2D eigenvalue weighted by Crippen LogP contribution is 2.18. The van der Waals surface area contributed by atoms with Crippen LogP contribution in [0, 0.1) is 0 Å². The van der Waals surface area contributed by atoms with Crippen LogP contribution in [0.5, 0.6) is 0 Å². The first-order chi connectivity index (χ1) is 15.3. The predicted molar refractivity (Wildman–Crippen MR) is 128 cm³/mol. The van der Waals surface area contributed by atoms with Gasteiger partial charge >= 0.3 is 0 Å². The highest BCUT2D eigenvalue weighted by molar-refractivity contribution is 7.92. The van der Waals surface area contributed by atoms with E-state index in [9.17, 15) is 18.0 Å². The van der Waals surface area contributed by atoms with Gasteiger partial charge in [-0.15, -0.1) is 0 Å². The molecule has 0 saturated heterocycles. The number of nitrogens with zero attached hydrogens (tertiary/aromatic N) is 2. The first kappa shape index (κ1) is 25.4. The fraction of sp³-hybridized carbons (Fsp3) is 0.417. The van der Waals surface area contributed by atoms with Crippen molar-refractivity contribution >= 4 is 27.5 Å². The summed E-state index contributed by atoms with van der Waals surface area (Å²) in [6.07, 6.45) is 2.81. The number of benzene rings is 2. The molecule has 174 valence electrons. The number of sulfonamides is 1. The maximum Gasteiger partial charge on any atom is 0.242 e. The van der Waals surface area contributed by atoms with Crippen LogP contribution in [0.2, 0.25) is 0 Å². The van der Waals surface area contributed by atoms with E-state index >= 15 is 0 Å². The summed E-state index contributed by atoms with van der Waals surface area (Å²) in [6, 6.07) is 18.1. The monoisotopic (exact) mass is 459 g/mol. The molecule has 2 rings (SSSR count). The van der Waals surface area contributed by atoms with E-state index < -0.39 is 16.1 Å². The summed E-state index contributed by atoms with van der Waals surface area (Å²) in [5.41, 5.74) is 1.66. The zero-order valence-corrected chi connectivity index (χ0v) is 19.8. The molecule has 32 heavy (non-hydrogen) atoms. The van der Waals surface area contributed by atoms with E-state index in [2.05, 4.69) is 5.32 Å². The van der Waals surface area contributed by atoms with Crippen LogP contribution >= 0.6 is 0 Å². The van der Waals surface area contributed by atoms with Crippen LogP contribution < -0.4 is 9.62 Å². The van der Waals surface area contributed by atoms with E-state index in [-0.39, 0.29) is 24.8 Å². The molecular weight excluding hydrogens is 426 g/mol. The lowest BCUT2D eigenvalue weighted by Gasteiger charge is -2.30. The minimum atomic E-state index is -3.48. The molecule has 0 aliphatic heterocycles. The molecule has 2 aromatic rings. The number of nitrogens with one attached hydrogen (secondary N) is 1. The summed E-state index contributed by atoms with van der Waals surface area (Å²) in [6.45, 7) is 2.49. The average molecular weight is 460 g/mol. The second-order valence-electron chi connectivity index (χ2n) is 7.64. The maximum absolute atomic E-state index is 13.1. The van der Waals surface area contributed by atoms with Gasteiger partial charge in [-0.05, 0) is 37.0 Å². The van der Waals surface area contributed by atoms with Gasteiger partial charge in [0.25, 0.3) is 0 Å². The number of amides is 2. The van der Waals surface area contributed by atoms with E-state index in [4.69, 9.17) is 0 Å². The Morgan fingerprint density at radius 1 is 0.969 bits per heavy atom. The van der Waals surface area contributed by atoms with Crippen LogP contribution in [-0.2, 0) is 26.0 Å². The second kappa shape index (κ2) is 12.2. The summed E-state index contributed by atoms with van der Waals surface area (Å²) in [4.78, 5) is 27.2. The molecule has 2 aromatic carbocycles. The number of carbonyl (C=O) groups excluding carboxylic acids is 2. The summed E-state index contributed by atoms with van der Waals surface area (Å²) in [5, 5.41) is 2.64. The molecule has 1 atom stereocenters. The van der Waals surface area contributed by atoms with E-state index in [1.807, 2.05) is 43.3 Å². The second-order valence-corrected chi connectivity index (χ2v) is 9.54. The van der Waals surface area contributed by atoms with Crippen LogP contribution in [0.3, 0.4) is 0 Å². The molecule has 0 unspecified atom stereocenters. The van der Waals surface area contributed by atoms with Gasteiger partial charge in [0.05, 0.1) is 11.9 Å². The first-order valence-electron chi connectivity index (χ1n) is 10.9. The summed E-state index contributed by atoms with van der Waals surface area (Å²) >= 11 is 0. The Morgan fingerprint density at radius 3 is 2.09 bits per heavy atom. The van der Waals surface area contributed by atoms with Gasteiger partial charge in [-0.25, -0.2) is 8.42 Å². The van der Waals surface area contributed by atoms with Crippen LogP contribution in [0.15, 0.2) is 60.7 Å². The van der Waals surface area contributed by atoms with Crippen LogP contribution in [0.4, 0.5) is 5.69 Å². The molecule has 8 heteroatoms. The Kier molecular flexibility index (Phi) is 9.71. The van der Waals surface area contributed by atoms with Gasteiger partial charge in [-0.1, -0.05) is 55.5 Å². The molecule has 0 aliphatic rings. The van der Waals surface area contributed by atoms with Crippen LogP contribution in [0.25, 0.3) is 0 Å². The molecule has 2 amide bonds.